The monoisotopic (exact) mass is 685 g/mol. The molecule has 0 bridgehead atoms. The van der Waals surface area contributed by atoms with Gasteiger partial charge in [-0.15, -0.1) is 0 Å². The minimum Gasteiger partial charge on any atom is -0.350 e. The van der Waals surface area contributed by atoms with Crippen LogP contribution in [0.3, 0.4) is 0 Å². The summed E-state index contributed by atoms with van der Waals surface area (Å²) < 4.78 is 29.1. The van der Waals surface area contributed by atoms with Crippen molar-refractivity contribution in [3.63, 3.8) is 0 Å². The molecule has 0 radical (unpaired) electrons. The number of nitrogens with zero attached hydrogens (tertiary/aromatic N) is 2. The maximum atomic E-state index is 14.5. The van der Waals surface area contributed by atoms with Crippen molar-refractivity contribution < 1.29 is 18.0 Å². The van der Waals surface area contributed by atoms with E-state index < -0.39 is 40.0 Å². The Kier molecular flexibility index (Phi) is 11.2. The van der Waals surface area contributed by atoms with Crippen LogP contribution in [0.5, 0.6) is 0 Å². The Morgan fingerprint density at radius 2 is 1.40 bits per heavy atom. The normalized spacial score (nSPS) is 12.3. The molecule has 4 aromatic rings. The van der Waals surface area contributed by atoms with Gasteiger partial charge in [-0.2, -0.15) is 0 Å². The maximum Gasteiger partial charge on any atom is 0.264 e. The van der Waals surface area contributed by atoms with Gasteiger partial charge in [-0.1, -0.05) is 102 Å². The van der Waals surface area contributed by atoms with Crippen molar-refractivity contribution in [1.82, 2.24) is 10.2 Å². The summed E-state index contributed by atoms with van der Waals surface area (Å²) in [6.07, 6.45) is 0.173. The number of benzene rings is 4. The molecule has 0 aliphatic carbocycles. The van der Waals surface area contributed by atoms with E-state index in [1.54, 1.807) is 42.5 Å². The Bertz CT molecular complexity index is 1750. The van der Waals surface area contributed by atoms with Crippen molar-refractivity contribution in [2.75, 3.05) is 10.8 Å². The van der Waals surface area contributed by atoms with Crippen LogP contribution in [0.25, 0.3) is 0 Å². The molecule has 0 saturated carbocycles. The predicted octanol–water partition coefficient (Wildman–Crippen LogP) is 7.40. The molecule has 0 aliphatic heterocycles. The molecule has 1 atom stereocenters. The van der Waals surface area contributed by atoms with Crippen LogP contribution < -0.4 is 9.62 Å². The van der Waals surface area contributed by atoms with Gasteiger partial charge in [0.05, 0.1) is 15.6 Å². The van der Waals surface area contributed by atoms with Gasteiger partial charge in [0, 0.05) is 28.5 Å². The highest BCUT2D eigenvalue weighted by Gasteiger charge is 2.36. The third-order valence-corrected chi connectivity index (χ3v) is 9.54. The van der Waals surface area contributed by atoms with Crippen LogP contribution in [0.1, 0.15) is 31.9 Å². The number of nitrogens with one attached hydrogen (secondary N) is 1. The number of hydrogen-bond acceptors (Lipinski definition) is 4. The van der Waals surface area contributed by atoms with Gasteiger partial charge in [-0.05, 0) is 68.3 Å². The molecule has 0 aromatic heterocycles. The average Bonchev–Trinajstić information content (AvgIpc) is 2.99. The quantitative estimate of drug-likeness (QED) is 0.178. The van der Waals surface area contributed by atoms with Gasteiger partial charge in [0.15, 0.2) is 0 Å². The standard InChI is InChI=1S/C34H34Cl3N3O4S/c1-34(2,3)38-33(42)31(20-24-12-6-4-7-13-24)39(22-25-14-10-11-17-28(25)36)32(41)23-40(30-19-18-26(35)21-29(30)37)45(43,44)27-15-8-5-9-16-27/h4-19,21,31H,20,22-23H2,1-3H3,(H,38,42)/t31-/m0/s1. The Balaban J connectivity index is 1.84. The first-order valence-corrected chi connectivity index (χ1v) is 16.8. The summed E-state index contributed by atoms with van der Waals surface area (Å²) >= 11 is 19.2. The van der Waals surface area contributed by atoms with Crippen molar-refractivity contribution in [2.45, 2.75) is 50.2 Å². The second-order valence-corrected chi connectivity index (χ2v) is 14.6. The van der Waals surface area contributed by atoms with Crippen LogP contribution in [-0.2, 0) is 32.6 Å². The molecule has 2 amide bonds. The van der Waals surface area contributed by atoms with Crippen LogP contribution in [0, 0.1) is 0 Å². The molecule has 7 nitrogen and oxygen atoms in total. The number of carbonyl (C=O) groups excluding carboxylic acids is 2. The average molecular weight is 687 g/mol. The lowest BCUT2D eigenvalue weighted by atomic mass is 10.0. The Labute approximate surface area is 279 Å². The molecule has 0 fully saturated rings. The van der Waals surface area contributed by atoms with Gasteiger partial charge < -0.3 is 10.2 Å². The Morgan fingerprint density at radius 1 is 0.800 bits per heavy atom. The summed E-state index contributed by atoms with van der Waals surface area (Å²) in [6.45, 7) is 4.84. The lowest BCUT2D eigenvalue weighted by molar-refractivity contribution is -0.140. The van der Waals surface area contributed by atoms with Gasteiger partial charge in [0.1, 0.15) is 12.6 Å². The van der Waals surface area contributed by atoms with Gasteiger partial charge in [-0.3, -0.25) is 13.9 Å². The van der Waals surface area contributed by atoms with Crippen LogP contribution in [0.4, 0.5) is 5.69 Å². The fraction of sp³-hybridized carbons (Fsp3) is 0.235. The van der Waals surface area contributed by atoms with Crippen LogP contribution in [-0.4, -0.2) is 43.3 Å². The van der Waals surface area contributed by atoms with E-state index in [9.17, 15) is 18.0 Å². The highest BCUT2D eigenvalue weighted by Crippen LogP contribution is 2.33. The topological polar surface area (TPSA) is 86.8 Å². The smallest absolute Gasteiger partial charge is 0.264 e. The van der Waals surface area contributed by atoms with Gasteiger partial charge >= 0.3 is 0 Å². The molecular formula is C34H34Cl3N3O4S. The minimum absolute atomic E-state index is 0.0345. The molecule has 1 N–H and O–H groups in total. The van der Waals surface area contributed by atoms with E-state index in [4.69, 9.17) is 34.8 Å². The van der Waals surface area contributed by atoms with Crippen molar-refractivity contribution in [2.24, 2.45) is 0 Å². The van der Waals surface area contributed by atoms with Gasteiger partial charge in [-0.25, -0.2) is 8.42 Å². The molecule has 0 unspecified atom stereocenters. The number of carbonyl (C=O) groups is 2. The molecule has 4 rings (SSSR count). The van der Waals surface area contributed by atoms with Crippen molar-refractivity contribution in [3.8, 4) is 0 Å². The third-order valence-electron chi connectivity index (χ3n) is 6.86. The summed E-state index contributed by atoms with van der Waals surface area (Å²) in [6, 6.07) is 27.4. The number of hydrogen-bond donors (Lipinski definition) is 1. The van der Waals surface area contributed by atoms with Crippen LogP contribution in [0.15, 0.2) is 108 Å². The first kappa shape index (κ1) is 34.3. The minimum atomic E-state index is -4.30. The summed E-state index contributed by atoms with van der Waals surface area (Å²) in [5.41, 5.74) is 0.869. The molecule has 45 heavy (non-hydrogen) atoms. The Hall–Kier alpha value is -3.56. The van der Waals surface area contributed by atoms with E-state index in [-0.39, 0.29) is 28.6 Å². The summed E-state index contributed by atoms with van der Waals surface area (Å²) in [5, 5.41) is 3.74. The SMILES string of the molecule is CC(C)(C)NC(=O)[C@H](Cc1ccccc1)N(Cc1ccccc1Cl)C(=O)CN(c1ccc(Cl)cc1Cl)S(=O)(=O)c1ccccc1. The zero-order chi connectivity index (χ0) is 32.8. The van der Waals surface area contributed by atoms with E-state index in [0.29, 0.717) is 15.6 Å². The second kappa shape index (κ2) is 14.7. The molecule has 0 heterocycles. The second-order valence-electron chi connectivity index (χ2n) is 11.5. The van der Waals surface area contributed by atoms with Crippen LogP contribution in [0.2, 0.25) is 15.1 Å². The van der Waals surface area contributed by atoms with Crippen LogP contribution >= 0.6 is 34.8 Å². The van der Waals surface area contributed by atoms with E-state index in [1.807, 2.05) is 51.1 Å². The highest BCUT2D eigenvalue weighted by molar-refractivity contribution is 7.92. The first-order chi connectivity index (χ1) is 21.3. The highest BCUT2D eigenvalue weighted by atomic mass is 35.5. The fourth-order valence-corrected chi connectivity index (χ4v) is 6.94. The Morgan fingerprint density at radius 3 is 2.00 bits per heavy atom. The molecule has 0 spiro atoms. The fourth-order valence-electron chi connectivity index (χ4n) is 4.73. The van der Waals surface area contributed by atoms with Crippen molar-refractivity contribution in [1.29, 1.82) is 0 Å². The number of sulfonamides is 1. The number of rotatable bonds is 11. The molecule has 11 heteroatoms. The van der Waals surface area contributed by atoms with E-state index in [1.165, 1.54) is 35.2 Å². The van der Waals surface area contributed by atoms with Gasteiger partial charge in [0.25, 0.3) is 10.0 Å². The number of halogens is 3. The number of anilines is 1. The van der Waals surface area contributed by atoms with Crippen molar-refractivity contribution >= 4 is 62.3 Å². The van der Waals surface area contributed by atoms with Gasteiger partial charge in [0.2, 0.25) is 11.8 Å². The predicted molar refractivity (Wildman–Crippen MR) is 181 cm³/mol. The number of amides is 2. The molecular weight excluding hydrogens is 653 g/mol. The maximum absolute atomic E-state index is 14.5. The molecule has 0 aliphatic rings. The summed E-state index contributed by atoms with van der Waals surface area (Å²) in [7, 11) is -4.30. The molecule has 236 valence electrons. The first-order valence-electron chi connectivity index (χ1n) is 14.2. The van der Waals surface area contributed by atoms with E-state index in [0.717, 1.165) is 9.87 Å². The third kappa shape index (κ3) is 9.01. The summed E-state index contributed by atoms with van der Waals surface area (Å²) in [4.78, 5) is 29.8. The lowest BCUT2D eigenvalue weighted by Crippen LogP contribution is -2.56. The van der Waals surface area contributed by atoms with E-state index >= 15 is 0 Å². The molecule has 4 aromatic carbocycles. The molecule has 0 saturated heterocycles. The lowest BCUT2D eigenvalue weighted by Gasteiger charge is -2.35. The zero-order valence-corrected chi connectivity index (χ0v) is 28.2. The van der Waals surface area contributed by atoms with E-state index in [2.05, 4.69) is 5.32 Å². The largest absolute Gasteiger partial charge is 0.350 e. The summed E-state index contributed by atoms with van der Waals surface area (Å²) in [5.74, 6) is -1.03. The van der Waals surface area contributed by atoms with Crippen molar-refractivity contribution in [3.05, 3.63) is 129 Å². The zero-order valence-electron chi connectivity index (χ0n) is 25.1.